The summed E-state index contributed by atoms with van der Waals surface area (Å²) in [7, 11) is 0. The highest BCUT2D eigenvalue weighted by atomic mass is 79.9. The van der Waals surface area contributed by atoms with Gasteiger partial charge in [-0.05, 0) is 35.8 Å². The Bertz CT molecular complexity index is 456. The second-order valence-electron chi connectivity index (χ2n) is 4.37. The summed E-state index contributed by atoms with van der Waals surface area (Å²) >= 11 is 3.51. The first-order valence-corrected chi connectivity index (χ1v) is 6.64. The molecule has 0 fully saturated rings. The monoisotopic (exact) mass is 293 g/mol. The van der Waals surface area contributed by atoms with E-state index in [0.717, 1.165) is 17.4 Å². The number of hydrogen-bond donors (Lipinski definition) is 0. The molecule has 0 bridgehead atoms. The summed E-state index contributed by atoms with van der Waals surface area (Å²) in [6.45, 7) is 7.22. The molecular formula is C14H16BrNO. The van der Waals surface area contributed by atoms with E-state index in [1.54, 1.807) is 0 Å². The highest BCUT2D eigenvalue weighted by molar-refractivity contribution is 9.10. The number of carbonyl (C=O) groups excluding carboxylic acids is 1. The minimum absolute atomic E-state index is 0.0250. The summed E-state index contributed by atoms with van der Waals surface area (Å²) in [6.07, 6.45) is 2.45. The van der Waals surface area contributed by atoms with Crippen LogP contribution in [-0.2, 0) is 11.3 Å². The molecule has 0 saturated heterocycles. The van der Waals surface area contributed by atoms with Gasteiger partial charge in [-0.3, -0.25) is 4.79 Å². The molecular weight excluding hydrogens is 278 g/mol. The lowest BCUT2D eigenvalue weighted by atomic mass is 9.88. The van der Waals surface area contributed by atoms with Crippen LogP contribution >= 0.6 is 15.9 Å². The van der Waals surface area contributed by atoms with Crippen LogP contribution in [0.5, 0.6) is 0 Å². The summed E-state index contributed by atoms with van der Waals surface area (Å²) in [5, 5.41) is 0. The standard InChI is InChI=1S/C14H16BrNO/c1-3-10-8-16(14(17)4-2)9-11-5-6-12(15)7-13(10)11/h4-7,10H,2-3,8-9H2,1H3/t10-/m1/s1. The molecule has 1 aromatic carbocycles. The van der Waals surface area contributed by atoms with Crippen molar-refractivity contribution in [1.29, 1.82) is 0 Å². The number of carbonyl (C=O) groups is 1. The zero-order valence-electron chi connectivity index (χ0n) is 9.95. The number of fused-ring (bicyclic) bond motifs is 1. The second kappa shape index (κ2) is 5.05. The van der Waals surface area contributed by atoms with Gasteiger partial charge in [0.05, 0.1) is 0 Å². The van der Waals surface area contributed by atoms with Crippen LogP contribution in [0, 0.1) is 0 Å². The fourth-order valence-corrected chi connectivity index (χ4v) is 2.75. The molecule has 0 saturated carbocycles. The Morgan fingerprint density at radius 2 is 2.41 bits per heavy atom. The predicted octanol–water partition coefficient (Wildman–Crippen LogP) is 3.47. The summed E-state index contributed by atoms with van der Waals surface area (Å²) in [4.78, 5) is 13.6. The van der Waals surface area contributed by atoms with Crippen LogP contribution in [0.1, 0.15) is 30.4 Å². The number of amides is 1. The fraction of sp³-hybridized carbons (Fsp3) is 0.357. The Kier molecular flexibility index (Phi) is 3.67. The van der Waals surface area contributed by atoms with Gasteiger partial charge in [0.15, 0.2) is 0 Å². The van der Waals surface area contributed by atoms with Crippen LogP contribution in [-0.4, -0.2) is 17.4 Å². The topological polar surface area (TPSA) is 20.3 Å². The lowest BCUT2D eigenvalue weighted by Gasteiger charge is -2.34. The molecule has 0 unspecified atom stereocenters. The van der Waals surface area contributed by atoms with Crippen molar-refractivity contribution >= 4 is 21.8 Å². The third kappa shape index (κ3) is 2.44. The molecule has 1 heterocycles. The van der Waals surface area contributed by atoms with Crippen molar-refractivity contribution < 1.29 is 4.79 Å². The zero-order valence-corrected chi connectivity index (χ0v) is 11.5. The van der Waals surface area contributed by atoms with Gasteiger partial charge in [-0.15, -0.1) is 0 Å². The van der Waals surface area contributed by atoms with Crippen molar-refractivity contribution in [3.63, 3.8) is 0 Å². The van der Waals surface area contributed by atoms with Crippen LogP contribution in [0.25, 0.3) is 0 Å². The molecule has 0 spiro atoms. The Morgan fingerprint density at radius 3 is 3.06 bits per heavy atom. The van der Waals surface area contributed by atoms with Crippen LogP contribution in [0.2, 0.25) is 0 Å². The van der Waals surface area contributed by atoms with Crippen molar-refractivity contribution in [3.05, 3.63) is 46.5 Å². The Labute approximate surface area is 110 Å². The van der Waals surface area contributed by atoms with E-state index in [2.05, 4.69) is 41.6 Å². The molecule has 0 N–H and O–H groups in total. The maximum absolute atomic E-state index is 11.7. The molecule has 1 aliphatic heterocycles. The zero-order chi connectivity index (χ0) is 12.4. The van der Waals surface area contributed by atoms with Crippen LogP contribution < -0.4 is 0 Å². The number of nitrogens with zero attached hydrogens (tertiary/aromatic N) is 1. The summed E-state index contributed by atoms with van der Waals surface area (Å²) < 4.78 is 1.11. The molecule has 90 valence electrons. The molecule has 0 aliphatic carbocycles. The van der Waals surface area contributed by atoms with E-state index in [-0.39, 0.29) is 5.91 Å². The van der Waals surface area contributed by atoms with Gasteiger partial charge in [0.2, 0.25) is 5.91 Å². The van der Waals surface area contributed by atoms with Gasteiger partial charge < -0.3 is 4.90 Å². The number of rotatable bonds is 2. The van der Waals surface area contributed by atoms with E-state index in [1.807, 2.05) is 11.0 Å². The molecule has 1 aromatic rings. The summed E-state index contributed by atoms with van der Waals surface area (Å²) in [5.74, 6) is 0.456. The summed E-state index contributed by atoms with van der Waals surface area (Å²) in [6, 6.07) is 6.32. The minimum atomic E-state index is 0.0250. The Hall–Kier alpha value is -1.09. The van der Waals surface area contributed by atoms with Crippen LogP contribution in [0.3, 0.4) is 0 Å². The van der Waals surface area contributed by atoms with Crippen LogP contribution in [0.15, 0.2) is 35.3 Å². The Morgan fingerprint density at radius 1 is 1.65 bits per heavy atom. The second-order valence-corrected chi connectivity index (χ2v) is 5.29. The molecule has 2 nitrogen and oxygen atoms in total. The quantitative estimate of drug-likeness (QED) is 0.765. The SMILES string of the molecule is C=CC(=O)N1Cc2ccc(Br)cc2[C@H](CC)C1. The van der Waals surface area contributed by atoms with Crippen molar-refractivity contribution in [3.8, 4) is 0 Å². The lowest BCUT2D eigenvalue weighted by molar-refractivity contribution is -0.127. The average molecular weight is 294 g/mol. The molecule has 0 aromatic heterocycles. The van der Waals surface area contributed by atoms with E-state index >= 15 is 0 Å². The first kappa shape index (κ1) is 12.4. The van der Waals surface area contributed by atoms with Gasteiger partial charge >= 0.3 is 0 Å². The van der Waals surface area contributed by atoms with Gasteiger partial charge in [-0.2, -0.15) is 0 Å². The number of halogens is 1. The van der Waals surface area contributed by atoms with Crippen molar-refractivity contribution in [2.75, 3.05) is 6.54 Å². The largest absolute Gasteiger partial charge is 0.334 e. The van der Waals surface area contributed by atoms with Gasteiger partial charge in [0.1, 0.15) is 0 Å². The van der Waals surface area contributed by atoms with Gasteiger partial charge in [0, 0.05) is 23.5 Å². The highest BCUT2D eigenvalue weighted by Gasteiger charge is 2.25. The van der Waals surface area contributed by atoms with E-state index in [9.17, 15) is 4.79 Å². The normalized spacial score (nSPS) is 18.7. The van der Waals surface area contributed by atoms with Gasteiger partial charge in [-0.25, -0.2) is 0 Å². The predicted molar refractivity (Wildman–Crippen MR) is 72.8 cm³/mol. The van der Waals surface area contributed by atoms with Crippen molar-refractivity contribution in [2.24, 2.45) is 0 Å². The van der Waals surface area contributed by atoms with E-state index in [1.165, 1.54) is 17.2 Å². The third-order valence-corrected chi connectivity index (χ3v) is 3.82. The molecule has 1 aliphatic rings. The number of benzene rings is 1. The van der Waals surface area contributed by atoms with E-state index in [4.69, 9.17) is 0 Å². The Balaban J connectivity index is 2.35. The van der Waals surface area contributed by atoms with Crippen LogP contribution in [0.4, 0.5) is 0 Å². The maximum Gasteiger partial charge on any atom is 0.246 e. The first-order chi connectivity index (χ1) is 8.15. The molecule has 1 amide bonds. The van der Waals surface area contributed by atoms with E-state index < -0.39 is 0 Å². The van der Waals surface area contributed by atoms with Gasteiger partial charge in [0.25, 0.3) is 0 Å². The molecule has 0 radical (unpaired) electrons. The number of hydrogen-bond acceptors (Lipinski definition) is 1. The first-order valence-electron chi connectivity index (χ1n) is 5.85. The average Bonchev–Trinajstić information content (AvgIpc) is 2.36. The lowest BCUT2D eigenvalue weighted by Crippen LogP contribution is -2.37. The third-order valence-electron chi connectivity index (χ3n) is 3.33. The molecule has 17 heavy (non-hydrogen) atoms. The van der Waals surface area contributed by atoms with Crippen molar-refractivity contribution in [1.82, 2.24) is 4.90 Å². The molecule has 3 heteroatoms. The maximum atomic E-state index is 11.7. The highest BCUT2D eigenvalue weighted by Crippen LogP contribution is 2.32. The summed E-state index contributed by atoms with van der Waals surface area (Å²) in [5.41, 5.74) is 2.62. The molecule has 2 rings (SSSR count). The van der Waals surface area contributed by atoms with E-state index in [0.29, 0.717) is 12.5 Å². The molecule has 1 atom stereocenters. The fourth-order valence-electron chi connectivity index (χ4n) is 2.37. The van der Waals surface area contributed by atoms with Crippen molar-refractivity contribution in [2.45, 2.75) is 25.8 Å². The van der Waals surface area contributed by atoms with Gasteiger partial charge in [-0.1, -0.05) is 35.5 Å². The smallest absolute Gasteiger partial charge is 0.246 e. The minimum Gasteiger partial charge on any atom is -0.334 e.